The maximum Gasteiger partial charge on any atom is 0.251 e. The van der Waals surface area contributed by atoms with Crippen molar-refractivity contribution in [3.8, 4) is 5.75 Å². The maximum absolute atomic E-state index is 12.3. The summed E-state index contributed by atoms with van der Waals surface area (Å²) in [7, 11) is 1.69. The van der Waals surface area contributed by atoms with E-state index in [-0.39, 0.29) is 11.4 Å². The minimum Gasteiger partial charge on any atom is -0.494 e. The molecular weight excluding hydrogens is 280 g/mol. The number of carbonyl (C=O) groups excluding carboxylic acids is 1. The Bertz CT molecular complexity index is 485. The summed E-state index contributed by atoms with van der Waals surface area (Å²) in [6, 6.07) is 7.31. The predicted molar refractivity (Wildman–Crippen MR) is 86.4 cm³/mol. The van der Waals surface area contributed by atoms with Crippen LogP contribution in [0.5, 0.6) is 5.75 Å². The van der Waals surface area contributed by atoms with Crippen LogP contribution in [0.4, 0.5) is 0 Å². The summed E-state index contributed by atoms with van der Waals surface area (Å²) < 4.78 is 10.9. The fourth-order valence-corrected chi connectivity index (χ4v) is 2.77. The van der Waals surface area contributed by atoms with Gasteiger partial charge in [0.25, 0.3) is 5.91 Å². The van der Waals surface area contributed by atoms with Gasteiger partial charge >= 0.3 is 0 Å². The summed E-state index contributed by atoms with van der Waals surface area (Å²) in [4.78, 5) is 12.3. The Kier molecular flexibility index (Phi) is 6.21. The summed E-state index contributed by atoms with van der Waals surface area (Å²) >= 11 is 0. The van der Waals surface area contributed by atoms with Crippen LogP contribution in [0.15, 0.2) is 24.3 Å². The van der Waals surface area contributed by atoms with Crippen LogP contribution in [-0.2, 0) is 4.74 Å². The van der Waals surface area contributed by atoms with Gasteiger partial charge in [0.2, 0.25) is 0 Å². The Hall–Kier alpha value is -1.59. The predicted octanol–water partition coefficient (Wildman–Crippen LogP) is 1.97. The third kappa shape index (κ3) is 4.45. The molecule has 0 radical (unpaired) electrons. The van der Waals surface area contributed by atoms with Gasteiger partial charge < -0.3 is 20.1 Å². The average molecular weight is 306 g/mol. The number of carbonyl (C=O) groups is 1. The second kappa shape index (κ2) is 8.15. The highest BCUT2D eigenvalue weighted by Gasteiger charge is 2.33. The first-order valence-corrected chi connectivity index (χ1v) is 7.94. The van der Waals surface area contributed by atoms with E-state index in [4.69, 9.17) is 9.47 Å². The van der Waals surface area contributed by atoms with Crippen LogP contribution in [0.25, 0.3) is 0 Å². The normalized spacial score (nSPS) is 20.8. The van der Waals surface area contributed by atoms with E-state index >= 15 is 0 Å². The van der Waals surface area contributed by atoms with Gasteiger partial charge in [-0.1, -0.05) is 13.0 Å². The zero-order valence-corrected chi connectivity index (χ0v) is 13.5. The van der Waals surface area contributed by atoms with E-state index in [1.54, 1.807) is 19.2 Å². The van der Waals surface area contributed by atoms with Gasteiger partial charge in [-0.15, -0.1) is 0 Å². The van der Waals surface area contributed by atoms with Crippen LogP contribution in [0.1, 0.15) is 36.5 Å². The monoisotopic (exact) mass is 306 g/mol. The van der Waals surface area contributed by atoms with Crippen molar-refractivity contribution in [3.05, 3.63) is 29.8 Å². The standard InChI is InChI=1S/C17H26N2O3/c1-3-10-22-15-7-4-6-14(11-15)16(20)18-12-17(13-21-2)8-5-9-19-17/h4,6-7,11,19H,3,5,8-10,12-13H2,1-2H3,(H,18,20). The van der Waals surface area contributed by atoms with Gasteiger partial charge in [0.1, 0.15) is 5.75 Å². The minimum atomic E-state index is -0.138. The lowest BCUT2D eigenvalue weighted by atomic mass is 9.98. The van der Waals surface area contributed by atoms with Gasteiger partial charge in [0, 0.05) is 19.2 Å². The number of hydrogen-bond acceptors (Lipinski definition) is 4. The van der Waals surface area contributed by atoms with E-state index in [1.807, 2.05) is 12.1 Å². The molecule has 122 valence electrons. The third-order valence-electron chi connectivity index (χ3n) is 3.91. The molecule has 22 heavy (non-hydrogen) atoms. The highest BCUT2D eigenvalue weighted by molar-refractivity contribution is 5.94. The number of benzene rings is 1. The molecule has 1 aromatic carbocycles. The van der Waals surface area contributed by atoms with Crippen LogP contribution in [-0.4, -0.2) is 44.9 Å². The lowest BCUT2D eigenvalue weighted by Gasteiger charge is -2.29. The Morgan fingerprint density at radius 3 is 3.00 bits per heavy atom. The van der Waals surface area contributed by atoms with Crippen molar-refractivity contribution in [2.75, 3.05) is 33.4 Å². The first-order valence-electron chi connectivity index (χ1n) is 7.94. The van der Waals surface area contributed by atoms with Crippen LogP contribution in [0.2, 0.25) is 0 Å². The zero-order valence-electron chi connectivity index (χ0n) is 13.5. The number of amides is 1. The van der Waals surface area contributed by atoms with Crippen molar-refractivity contribution < 1.29 is 14.3 Å². The second-order valence-electron chi connectivity index (χ2n) is 5.80. The highest BCUT2D eigenvalue weighted by atomic mass is 16.5. The molecule has 1 saturated heterocycles. The van der Waals surface area contributed by atoms with E-state index in [9.17, 15) is 4.79 Å². The van der Waals surface area contributed by atoms with Crippen molar-refractivity contribution in [1.29, 1.82) is 0 Å². The van der Waals surface area contributed by atoms with Gasteiger partial charge in [-0.3, -0.25) is 4.79 Å². The Morgan fingerprint density at radius 2 is 2.32 bits per heavy atom. The fourth-order valence-electron chi connectivity index (χ4n) is 2.77. The number of hydrogen-bond donors (Lipinski definition) is 2. The van der Waals surface area contributed by atoms with Crippen molar-refractivity contribution in [1.82, 2.24) is 10.6 Å². The minimum absolute atomic E-state index is 0.0777. The molecule has 1 aliphatic heterocycles. The number of methoxy groups -OCH3 is 1. The summed E-state index contributed by atoms with van der Waals surface area (Å²) in [6.45, 7) is 4.86. The van der Waals surface area contributed by atoms with Crippen molar-refractivity contribution >= 4 is 5.91 Å². The smallest absolute Gasteiger partial charge is 0.251 e. The summed E-state index contributed by atoms with van der Waals surface area (Å²) in [5.41, 5.74) is 0.486. The zero-order chi connectivity index (χ0) is 15.8. The highest BCUT2D eigenvalue weighted by Crippen LogP contribution is 2.19. The van der Waals surface area contributed by atoms with Crippen molar-refractivity contribution in [2.24, 2.45) is 0 Å². The van der Waals surface area contributed by atoms with Crippen molar-refractivity contribution in [3.63, 3.8) is 0 Å². The molecule has 0 bridgehead atoms. The van der Waals surface area contributed by atoms with E-state index in [0.717, 1.165) is 31.6 Å². The lowest BCUT2D eigenvalue weighted by molar-refractivity contribution is 0.0891. The molecule has 1 atom stereocenters. The molecule has 0 saturated carbocycles. The Labute approximate surface area is 132 Å². The molecule has 0 spiro atoms. The second-order valence-corrected chi connectivity index (χ2v) is 5.80. The first-order chi connectivity index (χ1) is 10.7. The fraction of sp³-hybridized carbons (Fsp3) is 0.588. The average Bonchev–Trinajstić information content (AvgIpc) is 3.00. The van der Waals surface area contributed by atoms with E-state index in [1.165, 1.54) is 0 Å². The summed E-state index contributed by atoms with van der Waals surface area (Å²) in [5, 5.41) is 6.47. The van der Waals surface area contributed by atoms with Crippen LogP contribution in [0, 0.1) is 0 Å². The van der Waals surface area contributed by atoms with Gasteiger partial charge in [-0.25, -0.2) is 0 Å². The van der Waals surface area contributed by atoms with Gasteiger partial charge in [-0.05, 0) is 44.0 Å². The molecule has 2 rings (SSSR count). The summed E-state index contributed by atoms with van der Waals surface area (Å²) in [5.74, 6) is 0.659. The first kappa shape index (κ1) is 16.8. The Morgan fingerprint density at radius 1 is 1.45 bits per heavy atom. The molecule has 1 amide bonds. The molecular formula is C17H26N2O3. The number of nitrogens with one attached hydrogen (secondary N) is 2. The van der Waals surface area contributed by atoms with Gasteiger partial charge in [-0.2, -0.15) is 0 Å². The quantitative estimate of drug-likeness (QED) is 0.771. The molecule has 1 aliphatic rings. The third-order valence-corrected chi connectivity index (χ3v) is 3.91. The van der Waals surface area contributed by atoms with Gasteiger partial charge in [0.15, 0.2) is 0 Å². The molecule has 0 aliphatic carbocycles. The van der Waals surface area contributed by atoms with Crippen LogP contribution < -0.4 is 15.4 Å². The number of ether oxygens (including phenoxy) is 2. The van der Waals surface area contributed by atoms with E-state index < -0.39 is 0 Å². The molecule has 0 aromatic heterocycles. The molecule has 5 nitrogen and oxygen atoms in total. The van der Waals surface area contributed by atoms with E-state index in [2.05, 4.69) is 17.6 Å². The lowest BCUT2D eigenvalue weighted by Crippen LogP contribution is -2.52. The Balaban J connectivity index is 1.94. The summed E-state index contributed by atoms with van der Waals surface area (Å²) in [6.07, 6.45) is 3.07. The van der Waals surface area contributed by atoms with Crippen LogP contribution >= 0.6 is 0 Å². The molecule has 2 N–H and O–H groups in total. The van der Waals surface area contributed by atoms with Crippen LogP contribution in [0.3, 0.4) is 0 Å². The molecule has 1 aromatic rings. The molecule has 5 heteroatoms. The molecule has 1 fully saturated rings. The number of rotatable bonds is 8. The molecule has 1 unspecified atom stereocenters. The molecule has 1 heterocycles. The largest absolute Gasteiger partial charge is 0.494 e. The van der Waals surface area contributed by atoms with E-state index in [0.29, 0.717) is 25.3 Å². The maximum atomic E-state index is 12.3. The SMILES string of the molecule is CCCOc1cccc(C(=O)NCC2(COC)CCCN2)c1. The topological polar surface area (TPSA) is 59.6 Å². The van der Waals surface area contributed by atoms with Crippen molar-refractivity contribution in [2.45, 2.75) is 31.7 Å². The van der Waals surface area contributed by atoms with Gasteiger partial charge in [0.05, 0.1) is 18.8 Å².